The van der Waals surface area contributed by atoms with E-state index in [1.54, 1.807) is 25.3 Å². The van der Waals surface area contributed by atoms with Crippen molar-refractivity contribution in [1.82, 2.24) is 0 Å². The molecular weight excluding hydrogens is 575 g/mol. The Morgan fingerprint density at radius 1 is 1.02 bits per heavy atom. The normalized spacial score (nSPS) is 11.6. The van der Waals surface area contributed by atoms with Gasteiger partial charge in [0.1, 0.15) is 0 Å². The van der Waals surface area contributed by atoms with Crippen LogP contribution in [0.25, 0.3) is 0 Å². The van der Waals surface area contributed by atoms with Crippen molar-refractivity contribution in [2.45, 2.75) is 71.0 Å². The average Bonchev–Trinajstić information content (AvgIpc) is 2.96. The third-order valence-electron chi connectivity index (χ3n) is 5.36. The number of halogens is 3. The highest BCUT2D eigenvalue weighted by atomic mass is 32.2. The quantitative estimate of drug-likeness (QED) is 0.152. The van der Waals surface area contributed by atoms with Gasteiger partial charge in [0.2, 0.25) is 12.8 Å². The summed E-state index contributed by atoms with van der Waals surface area (Å²) in [5.41, 5.74) is 9.58. The van der Waals surface area contributed by atoms with Crippen molar-refractivity contribution in [3.8, 4) is 0 Å². The van der Waals surface area contributed by atoms with Crippen LogP contribution in [0.4, 0.5) is 18.9 Å². The molecule has 7 N–H and O–H groups in total. The zero-order valence-electron chi connectivity index (χ0n) is 25.3. The molecule has 0 aliphatic heterocycles. The Balaban J connectivity index is -0.000000600. The smallest absolute Gasteiger partial charge is 0.255 e. The number of amides is 3. The molecule has 240 valence electrons. The van der Waals surface area contributed by atoms with Crippen LogP contribution in [0, 0.1) is 30.3 Å². The maximum atomic E-state index is 13.1. The summed E-state index contributed by atoms with van der Waals surface area (Å²) in [6.07, 6.45) is 3.96. The van der Waals surface area contributed by atoms with Gasteiger partial charge in [-0.3, -0.25) is 14.4 Å². The predicted octanol–water partition coefficient (Wildman–Crippen LogP) is 4.80. The Hall–Kier alpha value is -3.13. The second-order valence-corrected chi connectivity index (χ2v) is 9.36. The van der Waals surface area contributed by atoms with Gasteiger partial charge in [0.25, 0.3) is 5.91 Å². The van der Waals surface area contributed by atoms with Gasteiger partial charge in [-0.15, -0.1) is 11.8 Å². The first-order chi connectivity index (χ1) is 19.8. The molecule has 0 saturated heterocycles. The van der Waals surface area contributed by atoms with Gasteiger partial charge in [-0.05, 0) is 49.6 Å². The molecule has 9 nitrogen and oxygen atoms in total. The number of benzene rings is 2. The van der Waals surface area contributed by atoms with Crippen molar-refractivity contribution in [1.29, 1.82) is 0 Å². The SMILES string of the molecule is CCC(C)C(O)C(O)CC.CCCOC.CSc1cc(C(=O)Nc2cc(F)c(F)c(F)c2)ccc1C.NC=O.NC=O. The first-order valence-electron chi connectivity index (χ1n) is 13.1. The summed E-state index contributed by atoms with van der Waals surface area (Å²) in [6, 6.07) is 6.55. The lowest BCUT2D eigenvalue weighted by Crippen LogP contribution is -2.31. The molecule has 3 amide bonds. The van der Waals surface area contributed by atoms with Gasteiger partial charge >= 0.3 is 0 Å². The molecule has 3 atom stereocenters. The van der Waals surface area contributed by atoms with E-state index < -0.39 is 35.6 Å². The molecule has 0 saturated carbocycles. The largest absolute Gasteiger partial charge is 0.390 e. The number of anilines is 1. The van der Waals surface area contributed by atoms with Crippen LogP contribution < -0.4 is 16.8 Å². The Bertz CT molecular complexity index is 993. The summed E-state index contributed by atoms with van der Waals surface area (Å²) in [5, 5.41) is 20.9. The van der Waals surface area contributed by atoms with Gasteiger partial charge in [-0.1, -0.05) is 40.2 Å². The van der Waals surface area contributed by atoms with E-state index in [9.17, 15) is 28.2 Å². The number of ether oxygens (including phenoxy) is 1. The van der Waals surface area contributed by atoms with E-state index in [4.69, 9.17) is 14.3 Å². The van der Waals surface area contributed by atoms with Crippen molar-refractivity contribution < 1.29 is 42.5 Å². The Labute approximate surface area is 251 Å². The number of aliphatic hydroxyl groups excluding tert-OH is 2. The summed E-state index contributed by atoms with van der Waals surface area (Å²) in [7, 11) is 1.71. The average molecular weight is 622 g/mol. The van der Waals surface area contributed by atoms with E-state index in [0.29, 0.717) is 12.0 Å². The number of hydrogen-bond donors (Lipinski definition) is 5. The molecule has 2 aromatic carbocycles. The van der Waals surface area contributed by atoms with Crippen LogP contribution in [0.1, 0.15) is 62.9 Å². The number of aliphatic hydroxyl groups is 2. The molecule has 3 unspecified atom stereocenters. The predicted molar refractivity (Wildman–Crippen MR) is 162 cm³/mol. The molecule has 2 rings (SSSR count). The lowest BCUT2D eigenvalue weighted by molar-refractivity contribution is -0.107. The van der Waals surface area contributed by atoms with Crippen molar-refractivity contribution in [3.05, 3.63) is 58.9 Å². The zero-order chi connectivity index (χ0) is 33.3. The molecule has 0 aliphatic rings. The number of carbonyl (C=O) groups is 3. The number of carbonyl (C=O) groups excluding carboxylic acids is 3. The topological polar surface area (TPSA) is 165 Å². The number of hydrogen-bond acceptors (Lipinski definition) is 7. The van der Waals surface area contributed by atoms with E-state index >= 15 is 0 Å². The maximum Gasteiger partial charge on any atom is 0.255 e. The van der Waals surface area contributed by atoms with Gasteiger partial charge in [0, 0.05) is 42.0 Å². The number of nitrogens with one attached hydrogen (secondary N) is 1. The number of thioether (sulfide) groups is 1. The monoisotopic (exact) mass is 621 g/mol. The number of primary amides is 2. The Morgan fingerprint density at radius 2 is 1.52 bits per heavy atom. The Kier molecular flexibility index (Phi) is 27.6. The van der Waals surface area contributed by atoms with E-state index in [-0.39, 0.29) is 24.4 Å². The molecule has 0 heterocycles. The van der Waals surface area contributed by atoms with Crippen LogP contribution in [-0.2, 0) is 14.3 Å². The van der Waals surface area contributed by atoms with Gasteiger partial charge < -0.3 is 31.7 Å². The van der Waals surface area contributed by atoms with Crippen LogP contribution in [-0.4, -0.2) is 61.1 Å². The fourth-order valence-corrected chi connectivity index (χ4v) is 3.49. The molecule has 0 radical (unpaired) electrons. The van der Waals surface area contributed by atoms with Crippen LogP contribution >= 0.6 is 11.8 Å². The summed E-state index contributed by atoms with van der Waals surface area (Å²) in [5.74, 6) is -4.57. The molecule has 2 aromatic rings. The van der Waals surface area contributed by atoms with E-state index in [2.05, 4.69) is 23.7 Å². The third-order valence-corrected chi connectivity index (χ3v) is 6.24. The summed E-state index contributed by atoms with van der Waals surface area (Å²) >= 11 is 1.49. The molecule has 0 aromatic heterocycles. The number of nitrogens with two attached hydrogens (primary N) is 2. The first-order valence-corrected chi connectivity index (χ1v) is 14.3. The number of rotatable bonds is 9. The van der Waals surface area contributed by atoms with Crippen LogP contribution in [0.2, 0.25) is 0 Å². The zero-order valence-corrected chi connectivity index (χ0v) is 26.1. The third kappa shape index (κ3) is 19.1. The molecule has 0 bridgehead atoms. The van der Waals surface area contributed by atoms with E-state index in [1.807, 2.05) is 34.0 Å². The van der Waals surface area contributed by atoms with Gasteiger partial charge in [0.05, 0.1) is 12.2 Å². The van der Waals surface area contributed by atoms with Gasteiger partial charge in [-0.2, -0.15) is 0 Å². The Morgan fingerprint density at radius 3 is 1.88 bits per heavy atom. The van der Waals surface area contributed by atoms with Crippen LogP contribution in [0.15, 0.2) is 35.2 Å². The fourth-order valence-electron chi connectivity index (χ4n) is 2.86. The lowest BCUT2D eigenvalue weighted by atomic mass is 9.96. The highest BCUT2D eigenvalue weighted by Gasteiger charge is 2.19. The molecule has 42 heavy (non-hydrogen) atoms. The van der Waals surface area contributed by atoms with Crippen LogP contribution in [0.3, 0.4) is 0 Å². The van der Waals surface area contributed by atoms with Gasteiger partial charge in [0.15, 0.2) is 17.5 Å². The summed E-state index contributed by atoms with van der Waals surface area (Å²) in [4.78, 5) is 30.1. The maximum absolute atomic E-state index is 13.1. The minimum absolute atomic E-state index is 0.136. The molecule has 0 fully saturated rings. The van der Waals surface area contributed by atoms with E-state index in [0.717, 1.165) is 42.0 Å². The van der Waals surface area contributed by atoms with Crippen LogP contribution in [0.5, 0.6) is 0 Å². The summed E-state index contributed by atoms with van der Waals surface area (Å²) < 4.78 is 43.7. The number of aryl methyl sites for hydroxylation is 1. The van der Waals surface area contributed by atoms with Crippen molar-refractivity contribution in [3.63, 3.8) is 0 Å². The lowest BCUT2D eigenvalue weighted by Gasteiger charge is -2.21. The molecular formula is C29H46F3N3O6S. The fraction of sp³-hybridized carbons (Fsp3) is 0.483. The first kappa shape index (κ1) is 43.3. The second-order valence-electron chi connectivity index (χ2n) is 8.51. The molecule has 0 aliphatic carbocycles. The van der Waals surface area contributed by atoms with Crippen molar-refractivity contribution >= 4 is 36.2 Å². The summed E-state index contributed by atoms with van der Waals surface area (Å²) in [6.45, 7) is 10.7. The number of methoxy groups -OCH3 is 1. The van der Waals surface area contributed by atoms with Gasteiger partial charge in [-0.25, -0.2) is 13.2 Å². The van der Waals surface area contributed by atoms with E-state index in [1.165, 1.54) is 11.8 Å². The second kappa shape index (κ2) is 26.7. The van der Waals surface area contributed by atoms with Crippen molar-refractivity contribution in [2.75, 3.05) is 25.3 Å². The highest BCUT2D eigenvalue weighted by molar-refractivity contribution is 7.98. The highest BCUT2D eigenvalue weighted by Crippen LogP contribution is 2.23. The standard InChI is InChI=1S/C15H12F3NOS.C8H18O2.C4H10O.2CH3NO/c1-8-3-4-9(5-13(8)21-2)15(20)19-10-6-11(16)14(18)12(17)7-10;1-4-6(3)8(10)7(9)5-2;1-3-4-5-2;2*2-1-3/h3-7H,1-2H3,(H,19,20);6-10H,4-5H2,1-3H3;3-4H2,1-2H3;2*1H,(H2,2,3). The molecule has 0 spiro atoms. The molecule has 13 heteroatoms. The minimum Gasteiger partial charge on any atom is -0.390 e. The minimum atomic E-state index is -1.56. The van der Waals surface area contributed by atoms with Crippen molar-refractivity contribution in [2.24, 2.45) is 17.4 Å².